The number of carbonyl (C=O) groups is 3. The summed E-state index contributed by atoms with van der Waals surface area (Å²) < 4.78 is 5.19. The molecule has 28 heavy (non-hydrogen) atoms. The van der Waals surface area contributed by atoms with E-state index in [0.717, 1.165) is 5.69 Å². The molecule has 0 heterocycles. The Labute approximate surface area is 164 Å². The molecule has 2 aromatic rings. The Kier molecular flexibility index (Phi) is 8.02. The first-order valence-electron chi connectivity index (χ1n) is 9.17. The van der Waals surface area contributed by atoms with Crippen LogP contribution in [0.1, 0.15) is 24.2 Å². The van der Waals surface area contributed by atoms with Crippen molar-refractivity contribution < 1.29 is 19.1 Å². The molecule has 0 unspecified atom stereocenters. The molecule has 0 atom stereocenters. The van der Waals surface area contributed by atoms with Gasteiger partial charge in [0.25, 0.3) is 5.91 Å². The summed E-state index contributed by atoms with van der Waals surface area (Å²) in [6, 6.07) is 16.4. The zero-order chi connectivity index (χ0) is 20.4. The number of nitrogens with one attached hydrogen (secondary N) is 2. The van der Waals surface area contributed by atoms with Crippen LogP contribution in [-0.4, -0.2) is 48.9 Å². The Morgan fingerprint density at radius 1 is 0.964 bits per heavy atom. The number of hydrogen-bond donors (Lipinski definition) is 2. The first-order chi connectivity index (χ1) is 13.5. The van der Waals surface area contributed by atoms with Crippen molar-refractivity contribution in [2.45, 2.75) is 13.8 Å². The summed E-state index contributed by atoms with van der Waals surface area (Å²) in [6.07, 6.45) is 0. The van der Waals surface area contributed by atoms with Gasteiger partial charge in [-0.2, -0.15) is 0 Å². The lowest BCUT2D eigenvalue weighted by Crippen LogP contribution is -2.42. The van der Waals surface area contributed by atoms with Gasteiger partial charge in [-0.1, -0.05) is 30.3 Å². The molecule has 0 saturated carbocycles. The summed E-state index contributed by atoms with van der Waals surface area (Å²) in [4.78, 5) is 37.8. The summed E-state index contributed by atoms with van der Waals surface area (Å²) in [5, 5.41) is 5.80. The van der Waals surface area contributed by atoms with Crippen molar-refractivity contribution in [1.29, 1.82) is 0 Å². The van der Waals surface area contributed by atoms with Gasteiger partial charge in [-0.25, -0.2) is 4.79 Å². The van der Waals surface area contributed by atoms with Crippen LogP contribution in [0.5, 0.6) is 0 Å². The van der Waals surface area contributed by atoms with E-state index >= 15 is 0 Å². The van der Waals surface area contributed by atoms with Crippen molar-refractivity contribution in [1.82, 2.24) is 10.2 Å². The van der Waals surface area contributed by atoms with Crippen molar-refractivity contribution in [3.05, 3.63) is 60.2 Å². The summed E-state index contributed by atoms with van der Waals surface area (Å²) in [7, 11) is 0. The Morgan fingerprint density at radius 2 is 1.64 bits per heavy atom. The third-order valence-corrected chi connectivity index (χ3v) is 3.97. The highest BCUT2D eigenvalue weighted by molar-refractivity contribution is 5.97. The molecular weight excluding hydrogens is 358 g/mol. The van der Waals surface area contributed by atoms with Crippen molar-refractivity contribution in [3.8, 4) is 0 Å². The van der Waals surface area contributed by atoms with Crippen molar-refractivity contribution in [2.75, 3.05) is 31.6 Å². The highest BCUT2D eigenvalue weighted by atomic mass is 16.5. The smallest absolute Gasteiger partial charge is 0.340 e. The Morgan fingerprint density at radius 3 is 2.32 bits per heavy atom. The number of carbonyl (C=O) groups excluding carboxylic acids is 3. The Bertz CT molecular complexity index is 808. The maximum Gasteiger partial charge on any atom is 0.340 e. The molecule has 0 aromatic heterocycles. The van der Waals surface area contributed by atoms with Gasteiger partial charge in [-0.05, 0) is 38.1 Å². The van der Waals surface area contributed by atoms with E-state index < -0.39 is 18.5 Å². The number of hydrogen-bond acceptors (Lipinski definition) is 5. The van der Waals surface area contributed by atoms with Gasteiger partial charge in [0.2, 0.25) is 5.91 Å². The molecule has 0 aliphatic rings. The molecule has 0 spiro atoms. The monoisotopic (exact) mass is 383 g/mol. The normalized spacial score (nSPS) is 10.1. The Balaban J connectivity index is 1.99. The summed E-state index contributed by atoms with van der Waals surface area (Å²) >= 11 is 0. The number of ether oxygens (including phenoxy) is 1. The first-order valence-corrected chi connectivity index (χ1v) is 9.17. The number of esters is 1. The van der Waals surface area contributed by atoms with Gasteiger partial charge in [0.15, 0.2) is 6.61 Å². The second-order valence-corrected chi connectivity index (χ2v) is 5.97. The predicted octanol–water partition coefficient (Wildman–Crippen LogP) is 2.57. The van der Waals surface area contributed by atoms with Crippen LogP contribution >= 0.6 is 0 Å². The molecule has 0 radical (unpaired) electrons. The van der Waals surface area contributed by atoms with Crippen LogP contribution in [0.25, 0.3) is 0 Å². The summed E-state index contributed by atoms with van der Waals surface area (Å²) in [6.45, 7) is 3.92. The lowest BCUT2D eigenvalue weighted by atomic mass is 10.1. The topological polar surface area (TPSA) is 87.7 Å². The van der Waals surface area contributed by atoms with E-state index in [2.05, 4.69) is 10.6 Å². The number of nitrogens with zero attached hydrogens (tertiary/aromatic N) is 1. The molecule has 0 bridgehead atoms. The van der Waals surface area contributed by atoms with Gasteiger partial charge < -0.3 is 20.3 Å². The van der Waals surface area contributed by atoms with Gasteiger partial charge in [0, 0.05) is 18.8 Å². The van der Waals surface area contributed by atoms with Gasteiger partial charge in [0.05, 0.1) is 17.8 Å². The largest absolute Gasteiger partial charge is 0.452 e. The predicted molar refractivity (Wildman–Crippen MR) is 107 cm³/mol. The molecule has 2 rings (SSSR count). The number of anilines is 2. The summed E-state index contributed by atoms with van der Waals surface area (Å²) in [5.41, 5.74) is 1.74. The molecular formula is C21H25N3O4. The maximum atomic E-state index is 12.5. The van der Waals surface area contributed by atoms with Crippen LogP contribution in [0.4, 0.5) is 11.4 Å². The van der Waals surface area contributed by atoms with Gasteiger partial charge >= 0.3 is 5.97 Å². The lowest BCUT2D eigenvalue weighted by molar-refractivity contribution is -0.138. The zero-order valence-electron chi connectivity index (χ0n) is 16.1. The zero-order valence-corrected chi connectivity index (χ0v) is 16.1. The molecule has 2 amide bonds. The minimum Gasteiger partial charge on any atom is -0.452 e. The van der Waals surface area contributed by atoms with Gasteiger partial charge in [-0.3, -0.25) is 9.59 Å². The van der Waals surface area contributed by atoms with Crippen molar-refractivity contribution in [3.63, 3.8) is 0 Å². The summed E-state index contributed by atoms with van der Waals surface area (Å²) in [5.74, 6) is -1.28. The third-order valence-electron chi connectivity index (χ3n) is 3.97. The first kappa shape index (κ1) is 21.0. The van der Waals surface area contributed by atoms with Crippen molar-refractivity contribution in [2.24, 2.45) is 0 Å². The second kappa shape index (κ2) is 10.7. The molecule has 7 heteroatoms. The van der Waals surface area contributed by atoms with Gasteiger partial charge in [0.1, 0.15) is 0 Å². The SMILES string of the molecule is CCNC(=O)CN(CC)C(=O)COC(=O)c1ccccc1Nc1ccccc1. The average Bonchev–Trinajstić information content (AvgIpc) is 2.71. The minimum atomic E-state index is -0.610. The van der Waals surface area contributed by atoms with Gasteiger partial charge in [-0.15, -0.1) is 0 Å². The highest BCUT2D eigenvalue weighted by Crippen LogP contribution is 2.21. The van der Waals surface area contributed by atoms with E-state index in [-0.39, 0.29) is 12.5 Å². The van der Waals surface area contributed by atoms with E-state index in [1.807, 2.05) is 30.3 Å². The molecule has 2 N–H and O–H groups in total. The van der Waals surface area contributed by atoms with E-state index in [1.54, 1.807) is 38.1 Å². The van der Waals surface area contributed by atoms with Crippen LogP contribution < -0.4 is 10.6 Å². The fourth-order valence-corrected chi connectivity index (χ4v) is 2.55. The van der Waals surface area contributed by atoms with Crippen LogP contribution in [0.2, 0.25) is 0 Å². The van der Waals surface area contributed by atoms with E-state index in [4.69, 9.17) is 4.74 Å². The molecule has 0 aliphatic heterocycles. The fourth-order valence-electron chi connectivity index (χ4n) is 2.55. The van der Waals surface area contributed by atoms with E-state index in [1.165, 1.54) is 4.90 Å². The number of para-hydroxylation sites is 2. The van der Waals surface area contributed by atoms with E-state index in [0.29, 0.717) is 24.3 Å². The maximum absolute atomic E-state index is 12.5. The highest BCUT2D eigenvalue weighted by Gasteiger charge is 2.19. The number of amides is 2. The minimum absolute atomic E-state index is 0.0626. The molecule has 148 valence electrons. The number of rotatable bonds is 9. The standard InChI is InChI=1S/C21H25N3O4/c1-3-22-19(25)14-24(4-2)20(26)15-28-21(27)17-12-8-9-13-18(17)23-16-10-6-5-7-11-16/h5-13,23H,3-4,14-15H2,1-2H3,(H,22,25). The molecule has 0 saturated heterocycles. The molecule has 0 aliphatic carbocycles. The quantitative estimate of drug-likeness (QED) is 0.650. The van der Waals surface area contributed by atoms with E-state index in [9.17, 15) is 14.4 Å². The van der Waals surface area contributed by atoms with Crippen LogP contribution in [-0.2, 0) is 14.3 Å². The van der Waals surface area contributed by atoms with Crippen LogP contribution in [0, 0.1) is 0 Å². The fraction of sp³-hybridized carbons (Fsp3) is 0.286. The molecule has 2 aromatic carbocycles. The number of benzene rings is 2. The Hall–Kier alpha value is -3.35. The average molecular weight is 383 g/mol. The number of likely N-dealkylation sites (N-methyl/N-ethyl adjacent to an activating group) is 2. The van der Waals surface area contributed by atoms with Crippen LogP contribution in [0.3, 0.4) is 0 Å². The van der Waals surface area contributed by atoms with Crippen molar-refractivity contribution >= 4 is 29.2 Å². The van der Waals surface area contributed by atoms with Crippen LogP contribution in [0.15, 0.2) is 54.6 Å². The third kappa shape index (κ3) is 6.12. The second-order valence-electron chi connectivity index (χ2n) is 5.97. The molecule has 0 fully saturated rings. The lowest BCUT2D eigenvalue weighted by Gasteiger charge is -2.20. The molecule has 7 nitrogen and oxygen atoms in total.